The minimum absolute atomic E-state index is 0.189. The summed E-state index contributed by atoms with van der Waals surface area (Å²) in [5, 5.41) is 0. The second kappa shape index (κ2) is 14.1. The van der Waals surface area contributed by atoms with E-state index in [9.17, 15) is 0 Å². The molecule has 0 unspecified atom stereocenters. The van der Waals surface area contributed by atoms with Gasteiger partial charge in [-0.1, -0.05) is 117 Å². The minimum Gasteiger partial charge on any atom is -0.496 e. The van der Waals surface area contributed by atoms with Crippen molar-refractivity contribution in [3.05, 3.63) is 166 Å². The second-order valence-electron chi connectivity index (χ2n) is 12.5. The lowest BCUT2D eigenvalue weighted by molar-refractivity contribution is 0.344. The molecule has 6 rings (SSSR count). The Bertz CT molecular complexity index is 1930. The molecule has 1 aliphatic carbocycles. The van der Waals surface area contributed by atoms with Crippen LogP contribution in [0.1, 0.15) is 76.6 Å². The van der Waals surface area contributed by atoms with Crippen LogP contribution in [0.5, 0.6) is 11.5 Å². The summed E-state index contributed by atoms with van der Waals surface area (Å²) in [6.45, 7) is 8.87. The number of para-hydroxylation sites is 1. The maximum absolute atomic E-state index is 6.13. The molecule has 0 amide bonds. The number of methoxy groups -OCH3 is 2. The normalized spacial score (nSPS) is 13.7. The molecule has 1 saturated carbocycles. The van der Waals surface area contributed by atoms with Gasteiger partial charge in [0.15, 0.2) is 0 Å². The van der Waals surface area contributed by atoms with Crippen LogP contribution >= 0.6 is 0 Å². The predicted octanol–water partition coefficient (Wildman–Crippen LogP) is 11.1. The van der Waals surface area contributed by atoms with Gasteiger partial charge in [-0.2, -0.15) is 0 Å². The van der Waals surface area contributed by atoms with E-state index in [2.05, 4.69) is 99.1 Å². The number of hydrogen-bond donors (Lipinski definition) is 0. The molecule has 1 fully saturated rings. The first-order valence-corrected chi connectivity index (χ1v) is 16.5. The molecule has 5 aromatic carbocycles. The lowest BCUT2D eigenvalue weighted by Gasteiger charge is -2.40. The fourth-order valence-electron chi connectivity index (χ4n) is 7.25. The molecule has 47 heavy (non-hydrogen) atoms. The van der Waals surface area contributed by atoms with Crippen LogP contribution in [0.25, 0.3) is 11.1 Å². The SMILES string of the molecule is C=C(c1ccccc1)c1cc(C2(c3cc(C)c(OC)c(C(=C=Nc4ccccc4)c4ccccc4)c3)CCCCC2)cc(C)c1OC. The second-order valence-corrected chi connectivity index (χ2v) is 12.5. The van der Waals surface area contributed by atoms with E-state index >= 15 is 0 Å². The van der Waals surface area contributed by atoms with Crippen LogP contribution in [0.2, 0.25) is 0 Å². The van der Waals surface area contributed by atoms with Gasteiger partial charge in [0.05, 0.1) is 25.5 Å². The zero-order chi connectivity index (χ0) is 32.8. The molecule has 5 aromatic rings. The van der Waals surface area contributed by atoms with Gasteiger partial charge in [-0.3, -0.25) is 0 Å². The maximum atomic E-state index is 6.13. The highest BCUT2D eigenvalue weighted by atomic mass is 16.5. The first-order valence-electron chi connectivity index (χ1n) is 16.5. The third kappa shape index (κ3) is 6.45. The van der Waals surface area contributed by atoms with Gasteiger partial charge in [-0.05, 0) is 95.8 Å². The summed E-state index contributed by atoms with van der Waals surface area (Å²) in [5.41, 5.74) is 11.5. The van der Waals surface area contributed by atoms with E-state index in [1.165, 1.54) is 17.5 Å². The van der Waals surface area contributed by atoms with Crippen LogP contribution in [0.3, 0.4) is 0 Å². The van der Waals surface area contributed by atoms with Gasteiger partial charge < -0.3 is 9.47 Å². The Balaban J connectivity index is 1.59. The van der Waals surface area contributed by atoms with Crippen molar-refractivity contribution >= 4 is 22.7 Å². The summed E-state index contributed by atoms with van der Waals surface area (Å²) in [6, 6.07) is 40.2. The smallest absolute Gasteiger partial charge is 0.130 e. The number of hydrogen-bond acceptors (Lipinski definition) is 3. The van der Waals surface area contributed by atoms with Gasteiger partial charge in [0.25, 0.3) is 0 Å². The molecule has 3 nitrogen and oxygen atoms in total. The van der Waals surface area contributed by atoms with Gasteiger partial charge in [0.1, 0.15) is 11.5 Å². The summed E-state index contributed by atoms with van der Waals surface area (Å²) in [4.78, 5) is 4.81. The Morgan fingerprint density at radius 2 is 1.13 bits per heavy atom. The molecule has 0 bridgehead atoms. The van der Waals surface area contributed by atoms with E-state index in [0.717, 1.165) is 87.4 Å². The quantitative estimate of drug-likeness (QED) is 0.154. The Morgan fingerprint density at radius 1 is 0.638 bits per heavy atom. The maximum Gasteiger partial charge on any atom is 0.130 e. The average Bonchev–Trinajstić information content (AvgIpc) is 3.12. The molecule has 0 radical (unpaired) electrons. The zero-order valence-electron chi connectivity index (χ0n) is 28.0. The Labute approximate surface area is 280 Å². The van der Waals surface area contributed by atoms with E-state index in [0.29, 0.717) is 0 Å². The van der Waals surface area contributed by atoms with Crippen LogP contribution in [-0.2, 0) is 5.41 Å². The van der Waals surface area contributed by atoms with Crippen LogP contribution in [0, 0.1) is 13.8 Å². The Morgan fingerprint density at radius 3 is 1.68 bits per heavy atom. The van der Waals surface area contributed by atoms with Crippen LogP contribution < -0.4 is 9.47 Å². The highest BCUT2D eigenvalue weighted by molar-refractivity contribution is 6.01. The molecular formula is C44H43NO2. The van der Waals surface area contributed by atoms with Gasteiger partial charge in [0, 0.05) is 16.5 Å². The van der Waals surface area contributed by atoms with Crippen molar-refractivity contribution in [1.29, 1.82) is 0 Å². The summed E-state index contributed by atoms with van der Waals surface area (Å²) in [7, 11) is 3.51. The number of nitrogens with zero attached hydrogens (tertiary/aromatic N) is 1. The summed E-state index contributed by atoms with van der Waals surface area (Å²) in [6.07, 6.45) is 5.68. The molecule has 0 spiro atoms. The minimum atomic E-state index is -0.189. The van der Waals surface area contributed by atoms with Gasteiger partial charge >= 0.3 is 0 Å². The van der Waals surface area contributed by atoms with Crippen molar-refractivity contribution in [1.82, 2.24) is 0 Å². The van der Waals surface area contributed by atoms with E-state index in [1.807, 2.05) is 42.5 Å². The largest absolute Gasteiger partial charge is 0.496 e. The molecular weight excluding hydrogens is 574 g/mol. The predicted molar refractivity (Wildman–Crippen MR) is 196 cm³/mol. The zero-order valence-corrected chi connectivity index (χ0v) is 28.0. The van der Waals surface area contributed by atoms with Crippen LogP contribution in [-0.4, -0.2) is 20.1 Å². The van der Waals surface area contributed by atoms with Crippen molar-refractivity contribution in [2.45, 2.75) is 51.4 Å². The highest BCUT2D eigenvalue weighted by Gasteiger charge is 2.38. The fraction of sp³-hybridized carbons (Fsp3) is 0.227. The van der Waals surface area contributed by atoms with Crippen LogP contribution in [0.15, 0.2) is 127 Å². The van der Waals surface area contributed by atoms with Crippen molar-refractivity contribution in [3.8, 4) is 11.5 Å². The highest BCUT2D eigenvalue weighted by Crippen LogP contribution is 2.49. The molecule has 0 saturated heterocycles. The van der Waals surface area contributed by atoms with Gasteiger partial charge in [-0.15, -0.1) is 0 Å². The first-order chi connectivity index (χ1) is 22.9. The van der Waals surface area contributed by atoms with Gasteiger partial charge in [0.2, 0.25) is 0 Å². The number of ether oxygens (including phenoxy) is 2. The summed E-state index contributed by atoms with van der Waals surface area (Å²) < 4.78 is 12.1. The Hall–Kier alpha value is -5.11. The monoisotopic (exact) mass is 617 g/mol. The molecule has 0 N–H and O–H groups in total. The van der Waals surface area contributed by atoms with Crippen LogP contribution in [0.4, 0.5) is 5.69 Å². The lowest BCUT2D eigenvalue weighted by Crippen LogP contribution is -2.31. The molecule has 0 aliphatic heterocycles. The van der Waals surface area contributed by atoms with Crippen molar-refractivity contribution in [3.63, 3.8) is 0 Å². The van der Waals surface area contributed by atoms with Crippen molar-refractivity contribution in [2.24, 2.45) is 4.99 Å². The molecule has 0 heterocycles. The number of rotatable bonds is 9. The van der Waals surface area contributed by atoms with Crippen molar-refractivity contribution < 1.29 is 9.47 Å². The number of aliphatic imine (C=N–C) groups is 1. The third-order valence-corrected chi connectivity index (χ3v) is 9.60. The fourth-order valence-corrected chi connectivity index (χ4v) is 7.25. The van der Waals surface area contributed by atoms with E-state index in [4.69, 9.17) is 14.5 Å². The van der Waals surface area contributed by atoms with E-state index < -0.39 is 0 Å². The molecule has 0 atom stereocenters. The van der Waals surface area contributed by atoms with Gasteiger partial charge in [-0.25, -0.2) is 4.99 Å². The molecule has 236 valence electrons. The van der Waals surface area contributed by atoms with Crippen molar-refractivity contribution in [2.75, 3.05) is 14.2 Å². The molecule has 0 aromatic heterocycles. The molecule has 1 aliphatic rings. The molecule has 3 heteroatoms. The third-order valence-electron chi connectivity index (χ3n) is 9.60. The standard InChI is InChI=1S/C44H43NO2/c1-31-26-36(28-39(42(31)46-4)33(3)34-18-10-6-11-19-34)44(24-16-9-17-25-44)37-27-32(2)43(47-5)40(29-37)41(35-20-12-7-13-21-35)30-45-38-22-14-8-15-23-38/h6-8,10-15,18-23,26-29H,3,9,16-17,24-25H2,1-2,4-5H3. The summed E-state index contributed by atoms with van der Waals surface area (Å²) in [5.74, 6) is 5.18. The Kier molecular flexibility index (Phi) is 9.57. The lowest BCUT2D eigenvalue weighted by atomic mass is 9.64. The number of aryl methyl sites for hydroxylation is 2. The first kappa shape index (κ1) is 31.9. The topological polar surface area (TPSA) is 30.8 Å². The summed E-state index contributed by atoms with van der Waals surface area (Å²) >= 11 is 0. The number of benzene rings is 5. The van der Waals surface area contributed by atoms with E-state index in [1.54, 1.807) is 14.2 Å². The average molecular weight is 618 g/mol. The van der Waals surface area contributed by atoms with E-state index in [-0.39, 0.29) is 5.41 Å².